The van der Waals surface area contributed by atoms with E-state index >= 15 is 0 Å². The summed E-state index contributed by atoms with van der Waals surface area (Å²) in [7, 11) is -4.28. The van der Waals surface area contributed by atoms with Gasteiger partial charge in [-0.1, -0.05) is 66.7 Å². The highest BCUT2D eigenvalue weighted by molar-refractivity contribution is 7.86. The molecule has 7 heteroatoms. The van der Waals surface area contributed by atoms with Crippen molar-refractivity contribution in [2.75, 3.05) is 17.7 Å². The van der Waals surface area contributed by atoms with E-state index in [4.69, 9.17) is 15.0 Å². The standard InChI is InChI=1S/C17H15N.C8H11NO4S/c1-2-7-14(8-3-1)13-18-17-12-6-10-15-9-4-5-11-16(15)17;1-2-13-7-4-3-6(9)5-8(7)14(10,11)12/h1-12,18H,13H2;3-5H,2,9H2,1H3,(H,10,11,12). The molecule has 32 heavy (non-hydrogen) atoms. The molecule has 0 aliphatic carbocycles. The molecule has 0 bridgehead atoms. The summed E-state index contributed by atoms with van der Waals surface area (Å²) in [5.41, 5.74) is 8.13. The summed E-state index contributed by atoms with van der Waals surface area (Å²) >= 11 is 0. The minimum absolute atomic E-state index is 0.101. The minimum atomic E-state index is -4.28. The van der Waals surface area contributed by atoms with E-state index in [2.05, 4.69) is 72.0 Å². The van der Waals surface area contributed by atoms with Gasteiger partial charge in [-0.3, -0.25) is 4.55 Å². The molecule has 4 N–H and O–H groups in total. The van der Waals surface area contributed by atoms with E-state index in [0.717, 1.165) is 12.6 Å². The number of fused-ring (bicyclic) bond motifs is 1. The van der Waals surface area contributed by atoms with Crippen molar-refractivity contribution in [3.05, 3.63) is 96.6 Å². The number of nitrogen functional groups attached to an aromatic ring is 1. The van der Waals surface area contributed by atoms with Gasteiger partial charge in [0.2, 0.25) is 0 Å². The number of rotatable bonds is 6. The Hall–Kier alpha value is -3.55. The van der Waals surface area contributed by atoms with E-state index in [1.807, 2.05) is 6.07 Å². The Morgan fingerprint density at radius 2 is 1.59 bits per heavy atom. The Balaban J connectivity index is 0.000000188. The molecule has 0 fully saturated rings. The lowest BCUT2D eigenvalue weighted by Gasteiger charge is -2.09. The highest BCUT2D eigenvalue weighted by Gasteiger charge is 2.16. The van der Waals surface area contributed by atoms with E-state index in [-0.39, 0.29) is 16.3 Å². The number of nitrogens with two attached hydrogens (primary N) is 1. The van der Waals surface area contributed by atoms with Crippen molar-refractivity contribution >= 4 is 32.3 Å². The maximum absolute atomic E-state index is 10.9. The van der Waals surface area contributed by atoms with Gasteiger partial charge in [-0.2, -0.15) is 8.42 Å². The summed E-state index contributed by atoms with van der Waals surface area (Å²) in [5.74, 6) is 0.101. The van der Waals surface area contributed by atoms with Gasteiger partial charge in [-0.15, -0.1) is 0 Å². The summed E-state index contributed by atoms with van der Waals surface area (Å²) in [6.45, 7) is 2.88. The van der Waals surface area contributed by atoms with Crippen LogP contribution in [0.5, 0.6) is 5.75 Å². The summed E-state index contributed by atoms with van der Waals surface area (Å²) in [6, 6.07) is 29.3. The Bertz CT molecular complexity index is 1270. The van der Waals surface area contributed by atoms with Crippen LogP contribution in [0.15, 0.2) is 95.9 Å². The van der Waals surface area contributed by atoms with E-state index in [0.29, 0.717) is 6.61 Å². The van der Waals surface area contributed by atoms with Gasteiger partial charge >= 0.3 is 0 Å². The van der Waals surface area contributed by atoms with E-state index in [1.54, 1.807) is 6.92 Å². The monoisotopic (exact) mass is 450 g/mol. The molecular formula is C25H26N2O4S. The van der Waals surface area contributed by atoms with Crippen LogP contribution in [0.1, 0.15) is 12.5 Å². The molecule has 0 aliphatic rings. The van der Waals surface area contributed by atoms with Crippen molar-refractivity contribution in [2.45, 2.75) is 18.4 Å². The molecule has 0 spiro atoms. The fourth-order valence-electron chi connectivity index (χ4n) is 3.17. The maximum Gasteiger partial charge on any atom is 0.298 e. The zero-order valence-corrected chi connectivity index (χ0v) is 18.5. The third-order valence-electron chi connectivity index (χ3n) is 4.66. The van der Waals surface area contributed by atoms with Gasteiger partial charge in [0.15, 0.2) is 0 Å². The second-order valence-electron chi connectivity index (χ2n) is 6.98. The zero-order valence-electron chi connectivity index (χ0n) is 17.7. The third-order valence-corrected chi connectivity index (χ3v) is 5.54. The van der Waals surface area contributed by atoms with E-state index < -0.39 is 10.1 Å². The zero-order chi connectivity index (χ0) is 23.0. The lowest BCUT2D eigenvalue weighted by atomic mass is 10.1. The average molecular weight is 451 g/mol. The second kappa shape index (κ2) is 10.7. The second-order valence-corrected chi connectivity index (χ2v) is 8.37. The van der Waals surface area contributed by atoms with Gasteiger partial charge in [0.1, 0.15) is 10.6 Å². The lowest BCUT2D eigenvalue weighted by Crippen LogP contribution is -2.04. The summed E-state index contributed by atoms with van der Waals surface area (Å²) < 4.78 is 35.7. The highest BCUT2D eigenvalue weighted by atomic mass is 32.2. The normalized spacial score (nSPS) is 10.8. The maximum atomic E-state index is 10.9. The van der Waals surface area contributed by atoms with Gasteiger partial charge in [-0.25, -0.2) is 0 Å². The predicted octanol–water partition coefficient (Wildman–Crippen LogP) is 5.37. The molecule has 0 atom stereocenters. The molecule has 0 aliphatic heterocycles. The molecule has 4 rings (SSSR count). The first kappa shape index (κ1) is 23.1. The molecule has 4 aromatic rings. The molecule has 6 nitrogen and oxygen atoms in total. The Morgan fingerprint density at radius 3 is 2.31 bits per heavy atom. The molecule has 0 unspecified atom stereocenters. The van der Waals surface area contributed by atoms with Gasteiger partial charge in [-0.05, 0) is 42.1 Å². The van der Waals surface area contributed by atoms with Crippen LogP contribution in [-0.4, -0.2) is 19.6 Å². The molecule has 166 valence electrons. The SMILES string of the molecule is CCOc1ccc(N)cc1S(=O)(=O)O.c1ccc(CNc2cccc3ccccc23)cc1. The molecule has 0 radical (unpaired) electrons. The number of hydrogen-bond acceptors (Lipinski definition) is 5. The van der Waals surface area contributed by atoms with Crippen molar-refractivity contribution in [3.63, 3.8) is 0 Å². The molecule has 0 aromatic heterocycles. The van der Waals surface area contributed by atoms with Crippen molar-refractivity contribution in [3.8, 4) is 5.75 Å². The van der Waals surface area contributed by atoms with Crippen molar-refractivity contribution in [1.29, 1.82) is 0 Å². The number of nitrogens with one attached hydrogen (secondary N) is 1. The van der Waals surface area contributed by atoms with Crippen molar-refractivity contribution in [2.24, 2.45) is 0 Å². The van der Waals surface area contributed by atoms with Crippen LogP contribution < -0.4 is 15.8 Å². The van der Waals surface area contributed by atoms with Crippen molar-refractivity contribution in [1.82, 2.24) is 0 Å². The van der Waals surface area contributed by atoms with Gasteiger partial charge in [0.25, 0.3) is 10.1 Å². The van der Waals surface area contributed by atoms with Gasteiger partial charge in [0.05, 0.1) is 6.61 Å². The first-order chi connectivity index (χ1) is 15.4. The van der Waals surface area contributed by atoms with Crippen LogP contribution in [0.4, 0.5) is 11.4 Å². The fourth-order valence-corrected chi connectivity index (χ4v) is 3.84. The molecule has 0 amide bonds. The summed E-state index contributed by atoms with van der Waals surface area (Å²) in [6.07, 6.45) is 0. The van der Waals surface area contributed by atoms with Crippen LogP contribution in [0.3, 0.4) is 0 Å². The van der Waals surface area contributed by atoms with Gasteiger partial charge < -0.3 is 15.8 Å². The largest absolute Gasteiger partial charge is 0.492 e. The van der Waals surface area contributed by atoms with E-state index in [1.165, 1.54) is 34.2 Å². The molecule has 0 heterocycles. The first-order valence-electron chi connectivity index (χ1n) is 10.1. The third kappa shape index (κ3) is 6.23. The number of ether oxygens (including phenoxy) is 1. The summed E-state index contributed by atoms with van der Waals surface area (Å²) in [5, 5.41) is 6.05. The van der Waals surface area contributed by atoms with Crippen LogP contribution in [0, 0.1) is 0 Å². The quantitative estimate of drug-likeness (QED) is 0.270. The predicted molar refractivity (Wildman–Crippen MR) is 130 cm³/mol. The molecular weight excluding hydrogens is 424 g/mol. The Morgan fingerprint density at radius 1 is 0.906 bits per heavy atom. The van der Waals surface area contributed by atoms with Crippen molar-refractivity contribution < 1.29 is 17.7 Å². The highest BCUT2D eigenvalue weighted by Crippen LogP contribution is 2.26. The van der Waals surface area contributed by atoms with Crippen LogP contribution in [0.2, 0.25) is 0 Å². The number of benzene rings is 4. The molecule has 4 aromatic carbocycles. The number of anilines is 2. The number of hydrogen-bond donors (Lipinski definition) is 3. The van der Waals surface area contributed by atoms with Crippen LogP contribution >= 0.6 is 0 Å². The molecule has 0 saturated heterocycles. The van der Waals surface area contributed by atoms with Gasteiger partial charge in [0, 0.05) is 23.3 Å². The van der Waals surface area contributed by atoms with Crippen LogP contribution in [-0.2, 0) is 16.7 Å². The Kier molecular flexibility index (Phi) is 7.70. The molecule has 0 saturated carbocycles. The topological polar surface area (TPSA) is 102 Å². The average Bonchev–Trinajstić information content (AvgIpc) is 2.79. The first-order valence-corrected chi connectivity index (χ1v) is 11.6. The Labute approximate surface area is 188 Å². The fraction of sp³-hybridized carbons (Fsp3) is 0.120. The smallest absolute Gasteiger partial charge is 0.298 e. The van der Waals surface area contributed by atoms with E-state index in [9.17, 15) is 8.42 Å². The lowest BCUT2D eigenvalue weighted by molar-refractivity contribution is 0.329. The van der Waals surface area contributed by atoms with Crippen LogP contribution in [0.25, 0.3) is 10.8 Å². The minimum Gasteiger partial charge on any atom is -0.492 e. The summed E-state index contributed by atoms with van der Waals surface area (Å²) in [4.78, 5) is -0.306.